The molecule has 3 rings (SSSR count). The fourth-order valence-corrected chi connectivity index (χ4v) is 2.62. The van der Waals surface area contributed by atoms with E-state index >= 15 is 0 Å². The molecule has 0 fully saturated rings. The minimum absolute atomic E-state index is 0.0603. The molecule has 2 aromatic rings. The van der Waals surface area contributed by atoms with Gasteiger partial charge in [0.25, 0.3) is 0 Å². The third-order valence-electron chi connectivity index (χ3n) is 3.86. The maximum atomic E-state index is 10.7. The van der Waals surface area contributed by atoms with Crippen LogP contribution in [-0.2, 0) is 5.60 Å². The van der Waals surface area contributed by atoms with Gasteiger partial charge in [-0.15, -0.1) is 0 Å². The lowest BCUT2D eigenvalue weighted by atomic mass is 9.81. The molecule has 0 saturated heterocycles. The Bertz CT molecular complexity index is 731. The van der Waals surface area contributed by atoms with Crippen molar-refractivity contribution >= 4 is 0 Å². The van der Waals surface area contributed by atoms with Crippen LogP contribution in [0.2, 0.25) is 0 Å². The SMILES string of the molecule is OC1=CC(O)(c2ccccc2)C(O)=CC1c1ccc(O)cc1. The molecule has 2 aromatic carbocycles. The van der Waals surface area contributed by atoms with E-state index in [9.17, 15) is 20.4 Å². The van der Waals surface area contributed by atoms with E-state index in [0.29, 0.717) is 11.1 Å². The van der Waals surface area contributed by atoms with Crippen LogP contribution < -0.4 is 0 Å². The number of aliphatic hydroxyl groups is 3. The second-order valence-corrected chi connectivity index (χ2v) is 5.32. The van der Waals surface area contributed by atoms with Gasteiger partial charge in [-0.2, -0.15) is 0 Å². The number of benzene rings is 2. The lowest BCUT2D eigenvalue weighted by molar-refractivity contribution is 0.0695. The van der Waals surface area contributed by atoms with Crippen LogP contribution in [0.3, 0.4) is 0 Å². The molecule has 1 aliphatic rings. The van der Waals surface area contributed by atoms with Crippen LogP contribution in [0.25, 0.3) is 0 Å². The molecule has 2 unspecified atom stereocenters. The fourth-order valence-electron chi connectivity index (χ4n) is 2.62. The summed E-state index contributed by atoms with van der Waals surface area (Å²) in [7, 11) is 0. The van der Waals surface area contributed by atoms with Crippen molar-refractivity contribution in [2.75, 3.05) is 0 Å². The van der Waals surface area contributed by atoms with Crippen molar-refractivity contribution in [2.24, 2.45) is 0 Å². The molecule has 112 valence electrons. The van der Waals surface area contributed by atoms with Gasteiger partial charge in [0.15, 0.2) is 5.60 Å². The Kier molecular flexibility index (Phi) is 3.39. The summed E-state index contributed by atoms with van der Waals surface area (Å²) in [5.74, 6) is -0.744. The van der Waals surface area contributed by atoms with E-state index < -0.39 is 11.5 Å². The van der Waals surface area contributed by atoms with Gasteiger partial charge in [-0.3, -0.25) is 0 Å². The molecule has 0 heterocycles. The Hall–Kier alpha value is -2.72. The first-order chi connectivity index (χ1) is 10.5. The standard InChI is InChI=1S/C18H16O4/c19-14-8-6-12(7-9-14)15-10-17(21)18(22,11-16(15)20)13-4-2-1-3-5-13/h1-11,15,19-22H. The Balaban J connectivity index is 2.01. The van der Waals surface area contributed by atoms with Crippen LogP contribution in [0.5, 0.6) is 5.75 Å². The Morgan fingerprint density at radius 2 is 1.45 bits per heavy atom. The summed E-state index contributed by atoms with van der Waals surface area (Å²) in [6.07, 6.45) is 2.66. The van der Waals surface area contributed by atoms with Crippen molar-refractivity contribution in [3.63, 3.8) is 0 Å². The van der Waals surface area contributed by atoms with Crippen molar-refractivity contribution in [1.82, 2.24) is 0 Å². The second-order valence-electron chi connectivity index (χ2n) is 5.32. The van der Waals surface area contributed by atoms with Crippen molar-refractivity contribution in [2.45, 2.75) is 11.5 Å². The molecular formula is C18H16O4. The maximum Gasteiger partial charge on any atom is 0.168 e. The summed E-state index contributed by atoms with van der Waals surface area (Å²) in [6.45, 7) is 0. The van der Waals surface area contributed by atoms with Gasteiger partial charge < -0.3 is 20.4 Å². The Morgan fingerprint density at radius 3 is 2.09 bits per heavy atom. The van der Waals surface area contributed by atoms with Gasteiger partial charge in [0.05, 0.1) is 5.92 Å². The number of phenols is 1. The Labute approximate surface area is 127 Å². The summed E-state index contributed by atoms with van der Waals surface area (Å²) in [6, 6.07) is 15.0. The van der Waals surface area contributed by atoms with Crippen molar-refractivity contribution in [3.05, 3.63) is 89.4 Å². The van der Waals surface area contributed by atoms with Crippen LogP contribution in [0.15, 0.2) is 78.3 Å². The molecule has 0 radical (unpaired) electrons. The second kappa shape index (κ2) is 5.24. The van der Waals surface area contributed by atoms with Gasteiger partial charge in [-0.25, -0.2) is 0 Å². The summed E-state index contributed by atoms with van der Waals surface area (Å²) < 4.78 is 0. The highest BCUT2D eigenvalue weighted by Gasteiger charge is 2.38. The number of hydrogen-bond acceptors (Lipinski definition) is 4. The molecule has 0 amide bonds. The highest BCUT2D eigenvalue weighted by Crippen LogP contribution is 2.40. The van der Waals surface area contributed by atoms with Crippen LogP contribution in [0.4, 0.5) is 0 Å². The molecule has 1 aliphatic carbocycles. The summed E-state index contributed by atoms with van der Waals surface area (Å²) in [5, 5.41) is 40.6. The van der Waals surface area contributed by atoms with E-state index in [1.807, 2.05) is 0 Å². The molecule has 0 aliphatic heterocycles. The zero-order valence-electron chi connectivity index (χ0n) is 11.7. The smallest absolute Gasteiger partial charge is 0.168 e. The predicted molar refractivity (Wildman–Crippen MR) is 82.6 cm³/mol. The molecule has 4 N–H and O–H groups in total. The number of allylic oxidation sites excluding steroid dienone is 1. The van der Waals surface area contributed by atoms with Crippen molar-refractivity contribution in [1.29, 1.82) is 0 Å². The van der Waals surface area contributed by atoms with Crippen LogP contribution in [0.1, 0.15) is 17.0 Å². The monoisotopic (exact) mass is 296 g/mol. The first kappa shape index (κ1) is 14.2. The minimum atomic E-state index is -1.74. The first-order valence-corrected chi connectivity index (χ1v) is 6.90. The average molecular weight is 296 g/mol. The number of aromatic hydroxyl groups is 1. The van der Waals surface area contributed by atoms with E-state index in [0.717, 1.165) is 0 Å². The van der Waals surface area contributed by atoms with E-state index in [-0.39, 0.29) is 17.3 Å². The normalized spacial score (nSPS) is 24.5. The van der Waals surface area contributed by atoms with E-state index in [1.165, 1.54) is 24.3 Å². The maximum absolute atomic E-state index is 10.7. The van der Waals surface area contributed by atoms with Crippen LogP contribution >= 0.6 is 0 Å². The third-order valence-corrected chi connectivity index (χ3v) is 3.86. The third kappa shape index (κ3) is 2.34. The van der Waals surface area contributed by atoms with E-state index in [1.54, 1.807) is 42.5 Å². The number of aliphatic hydroxyl groups excluding tert-OH is 2. The number of phenolic OH excluding ortho intramolecular Hbond substituents is 1. The minimum Gasteiger partial charge on any atom is -0.512 e. The van der Waals surface area contributed by atoms with E-state index in [4.69, 9.17) is 0 Å². The van der Waals surface area contributed by atoms with Crippen molar-refractivity contribution in [3.8, 4) is 5.75 Å². The lowest BCUT2D eigenvalue weighted by Crippen LogP contribution is -2.30. The highest BCUT2D eigenvalue weighted by atomic mass is 16.3. The molecule has 0 spiro atoms. The van der Waals surface area contributed by atoms with Gasteiger partial charge in [0.1, 0.15) is 17.3 Å². The average Bonchev–Trinajstić information content (AvgIpc) is 2.53. The quantitative estimate of drug-likeness (QED) is 0.685. The van der Waals surface area contributed by atoms with Crippen LogP contribution in [-0.4, -0.2) is 20.4 Å². The van der Waals surface area contributed by atoms with Crippen molar-refractivity contribution < 1.29 is 20.4 Å². The molecule has 4 nitrogen and oxygen atoms in total. The zero-order valence-corrected chi connectivity index (χ0v) is 11.7. The predicted octanol–water partition coefficient (Wildman–Crippen LogP) is 3.26. The van der Waals surface area contributed by atoms with Gasteiger partial charge >= 0.3 is 0 Å². The molecule has 0 bridgehead atoms. The van der Waals surface area contributed by atoms with Crippen LogP contribution in [0, 0.1) is 0 Å². The Morgan fingerprint density at radius 1 is 0.818 bits per heavy atom. The highest BCUT2D eigenvalue weighted by molar-refractivity contribution is 5.45. The van der Waals surface area contributed by atoms with E-state index in [2.05, 4.69) is 0 Å². The molecule has 2 atom stereocenters. The number of hydrogen-bond donors (Lipinski definition) is 4. The summed E-state index contributed by atoms with van der Waals surface area (Å²) >= 11 is 0. The molecule has 22 heavy (non-hydrogen) atoms. The molecular weight excluding hydrogens is 280 g/mol. The zero-order chi connectivity index (χ0) is 15.7. The first-order valence-electron chi connectivity index (χ1n) is 6.90. The summed E-state index contributed by atoms with van der Waals surface area (Å²) in [5.41, 5.74) is -0.564. The molecule has 0 aromatic heterocycles. The van der Waals surface area contributed by atoms with Gasteiger partial charge in [-0.1, -0.05) is 42.5 Å². The van der Waals surface area contributed by atoms with Gasteiger partial charge in [-0.05, 0) is 35.4 Å². The molecule has 4 heteroatoms. The largest absolute Gasteiger partial charge is 0.512 e. The van der Waals surface area contributed by atoms with Gasteiger partial charge in [0.2, 0.25) is 0 Å². The van der Waals surface area contributed by atoms with Gasteiger partial charge in [0, 0.05) is 0 Å². The lowest BCUT2D eigenvalue weighted by Gasteiger charge is -2.30. The fraction of sp³-hybridized carbons (Fsp3) is 0.111. The topological polar surface area (TPSA) is 80.9 Å². The summed E-state index contributed by atoms with van der Waals surface area (Å²) in [4.78, 5) is 0. The number of rotatable bonds is 2. The molecule has 0 saturated carbocycles.